The molecule has 0 amide bonds. The van der Waals surface area contributed by atoms with Crippen LogP contribution >= 0.6 is 44.3 Å². The highest BCUT2D eigenvalue weighted by atomic mass is 33.1. The fourth-order valence-electron chi connectivity index (χ4n) is 2.83. The highest BCUT2D eigenvalue weighted by molar-refractivity contribution is 8.77. The van der Waals surface area contributed by atoms with Crippen molar-refractivity contribution in [2.75, 3.05) is 0 Å². The van der Waals surface area contributed by atoms with Crippen LogP contribution in [0.1, 0.15) is 0 Å². The van der Waals surface area contributed by atoms with Gasteiger partial charge in [0.2, 0.25) is 0 Å². The van der Waals surface area contributed by atoms with E-state index in [1.54, 1.807) is 49.8 Å². The van der Waals surface area contributed by atoms with E-state index in [4.69, 9.17) is 22.4 Å². The molecule has 0 atom stereocenters. The minimum atomic E-state index is -1.53. The Kier molecular flexibility index (Phi) is 6.38. The Morgan fingerprint density at radius 2 is 1.19 bits per heavy atom. The predicted octanol–water partition coefficient (Wildman–Crippen LogP) is 7.50. The lowest BCUT2D eigenvalue weighted by molar-refractivity contribution is 1.31. The maximum atomic E-state index is 5.21. The van der Waals surface area contributed by atoms with Gasteiger partial charge in [-0.1, -0.05) is 36.4 Å². The van der Waals surface area contributed by atoms with Crippen LogP contribution in [0.15, 0.2) is 91.4 Å². The van der Waals surface area contributed by atoms with Crippen molar-refractivity contribution >= 4 is 105 Å². The molecule has 3 nitrogen and oxygen atoms in total. The van der Waals surface area contributed by atoms with Gasteiger partial charge >= 0.3 is 0 Å². The smallest absolute Gasteiger partial charge is 0.162 e. The molecule has 1 aliphatic rings. The number of para-hydroxylation sites is 3. The Labute approximate surface area is 205 Å². The number of nitrogens with zero attached hydrogens (tertiary/aromatic N) is 3. The summed E-state index contributed by atoms with van der Waals surface area (Å²) in [7, 11) is 1.84. The summed E-state index contributed by atoms with van der Waals surface area (Å²) in [6.45, 7) is 0. The number of rotatable bonds is 3. The zero-order chi connectivity index (χ0) is 21.3. The highest BCUT2D eigenvalue weighted by Gasteiger charge is 2.13. The molecule has 0 spiro atoms. The van der Waals surface area contributed by atoms with E-state index < -0.39 is 7.15 Å². The molecular formula is C21H13N3S7. The number of thiazole rings is 2. The molecule has 10 heteroatoms. The molecule has 1 aliphatic heterocycles. The minimum absolute atomic E-state index is 0.951. The van der Waals surface area contributed by atoms with Crippen molar-refractivity contribution in [3.63, 3.8) is 0 Å². The van der Waals surface area contributed by atoms with E-state index in [1.807, 2.05) is 36.4 Å². The second-order valence-corrected chi connectivity index (χ2v) is 16.5. The molecule has 6 rings (SSSR count). The molecule has 0 bridgehead atoms. The molecule has 5 aromatic rings. The van der Waals surface area contributed by atoms with E-state index in [2.05, 4.69) is 51.4 Å². The van der Waals surface area contributed by atoms with Crippen molar-refractivity contribution < 1.29 is 0 Å². The monoisotopic (exact) mass is 531 g/mol. The van der Waals surface area contributed by atoms with Gasteiger partial charge < -0.3 is 0 Å². The summed E-state index contributed by atoms with van der Waals surface area (Å²) in [5.74, 6) is 0. The van der Waals surface area contributed by atoms with Gasteiger partial charge in [0, 0.05) is 4.90 Å². The largest absolute Gasteiger partial charge is 0.248 e. The van der Waals surface area contributed by atoms with Gasteiger partial charge in [-0.2, -0.15) is 0 Å². The van der Waals surface area contributed by atoms with Crippen molar-refractivity contribution in [1.29, 1.82) is 0 Å². The molecule has 0 aliphatic carbocycles. The van der Waals surface area contributed by atoms with Crippen LogP contribution < -0.4 is 0 Å². The van der Waals surface area contributed by atoms with Gasteiger partial charge in [0.05, 0.1) is 31.7 Å². The third-order valence-corrected chi connectivity index (χ3v) is 12.2. The summed E-state index contributed by atoms with van der Waals surface area (Å²) in [4.78, 5) is 14.4. The van der Waals surface area contributed by atoms with Crippen LogP contribution in [-0.2, 0) is 29.5 Å². The molecule has 3 aromatic carbocycles. The van der Waals surface area contributed by atoms with Gasteiger partial charge in [0.15, 0.2) is 8.68 Å². The van der Waals surface area contributed by atoms with E-state index in [9.17, 15) is 0 Å². The Bertz CT molecular complexity index is 1380. The zero-order valence-corrected chi connectivity index (χ0v) is 21.4. The molecule has 0 N–H and O–H groups in total. The lowest BCUT2D eigenvalue weighted by Gasteiger charge is -1.97. The summed E-state index contributed by atoms with van der Waals surface area (Å²) in [6, 6.07) is 24.3. The molecule has 154 valence electrons. The van der Waals surface area contributed by atoms with Crippen LogP contribution in [0.5, 0.6) is 0 Å². The summed E-state index contributed by atoms with van der Waals surface area (Å²) in [5.41, 5.74) is 4.82. The Hall–Kier alpha value is -1.40. The van der Waals surface area contributed by atoms with Crippen LogP contribution in [0.2, 0.25) is 0 Å². The fourth-order valence-corrected chi connectivity index (χ4v) is 9.48. The topological polar surface area (TPSA) is 38.1 Å². The predicted molar refractivity (Wildman–Crippen MR) is 146 cm³/mol. The van der Waals surface area contributed by atoms with Crippen molar-refractivity contribution in [2.24, 2.45) is 4.99 Å². The molecule has 0 saturated heterocycles. The lowest BCUT2D eigenvalue weighted by Crippen LogP contribution is -1.90. The quantitative estimate of drug-likeness (QED) is 0.224. The average molecular weight is 532 g/mol. The van der Waals surface area contributed by atoms with Crippen molar-refractivity contribution in [1.82, 2.24) is 9.97 Å². The summed E-state index contributed by atoms with van der Waals surface area (Å²) in [5, 5.41) is 0. The van der Waals surface area contributed by atoms with Gasteiger partial charge in [0.25, 0.3) is 0 Å². The third-order valence-electron chi connectivity index (χ3n) is 4.24. The fraction of sp³-hybridized carbons (Fsp3) is 0. The standard InChI is InChI=1S/C14H8N2S4.C7H5NS3/c1-3-7-11-9(5-1)15-13(17-11)19-20-14-16-10-6-2-4-8-12(10)18-14;9-11(10)5-8-6-3-1-2-4-7(6)11/h1-8H;1-5H. The Morgan fingerprint density at radius 3 is 1.74 bits per heavy atom. The molecule has 3 heterocycles. The number of hydrogen-bond acceptors (Lipinski definition) is 9. The van der Waals surface area contributed by atoms with Gasteiger partial charge in [0.1, 0.15) is 0 Å². The maximum Gasteiger partial charge on any atom is 0.162 e. The highest BCUT2D eigenvalue weighted by Crippen LogP contribution is 2.43. The normalized spacial score (nSPS) is 13.8. The molecule has 2 aromatic heterocycles. The van der Waals surface area contributed by atoms with Crippen LogP contribution in [0.4, 0.5) is 5.69 Å². The first-order chi connectivity index (χ1) is 15.1. The van der Waals surface area contributed by atoms with Crippen LogP contribution in [0.3, 0.4) is 0 Å². The number of hydrogen-bond donors (Lipinski definition) is 0. The molecule has 0 radical (unpaired) electrons. The van der Waals surface area contributed by atoms with Gasteiger partial charge in [-0.15, -0.1) is 22.7 Å². The molecular weight excluding hydrogens is 519 g/mol. The van der Waals surface area contributed by atoms with E-state index in [1.165, 1.54) is 9.40 Å². The molecule has 0 unspecified atom stereocenters. The van der Waals surface area contributed by atoms with Crippen LogP contribution in [-0.4, -0.2) is 15.5 Å². The van der Waals surface area contributed by atoms with E-state index in [-0.39, 0.29) is 0 Å². The van der Waals surface area contributed by atoms with Crippen LogP contribution in [0, 0.1) is 0 Å². The van der Waals surface area contributed by atoms with Gasteiger partial charge in [-0.3, -0.25) is 0 Å². The number of benzene rings is 3. The first-order valence-electron chi connectivity index (χ1n) is 9.02. The van der Waals surface area contributed by atoms with Crippen molar-refractivity contribution in [2.45, 2.75) is 13.6 Å². The SMILES string of the molecule is S=S1(=S)C=Nc2ccccc21.c1ccc2sc(SSc3nc4ccccc4s3)nc2c1. The second-order valence-electron chi connectivity index (χ2n) is 6.31. The van der Waals surface area contributed by atoms with Crippen LogP contribution in [0.25, 0.3) is 20.4 Å². The molecule has 31 heavy (non-hydrogen) atoms. The molecule has 0 fully saturated rings. The number of aliphatic imine (C=N–C) groups is 1. The summed E-state index contributed by atoms with van der Waals surface area (Å²) in [6.07, 6.45) is 0. The molecule has 0 saturated carbocycles. The summed E-state index contributed by atoms with van der Waals surface area (Å²) >= 11 is 13.9. The zero-order valence-electron chi connectivity index (χ0n) is 15.7. The number of aromatic nitrogens is 2. The van der Waals surface area contributed by atoms with E-state index in [0.29, 0.717) is 0 Å². The third kappa shape index (κ3) is 4.85. The van der Waals surface area contributed by atoms with Crippen molar-refractivity contribution in [3.05, 3.63) is 72.8 Å². The van der Waals surface area contributed by atoms with Crippen molar-refractivity contribution in [3.8, 4) is 0 Å². The van der Waals surface area contributed by atoms with Gasteiger partial charge in [-0.05, 0) is 87.5 Å². The summed E-state index contributed by atoms with van der Waals surface area (Å²) < 4.78 is 4.63. The minimum Gasteiger partial charge on any atom is -0.248 e. The number of fused-ring (bicyclic) bond motifs is 3. The maximum absolute atomic E-state index is 5.21. The van der Waals surface area contributed by atoms with E-state index >= 15 is 0 Å². The average Bonchev–Trinajstić information content (AvgIpc) is 3.47. The first-order valence-corrected chi connectivity index (χ1v) is 16.4. The Balaban J connectivity index is 0.000000157. The van der Waals surface area contributed by atoms with Gasteiger partial charge in [-0.25, -0.2) is 15.0 Å². The first kappa shape index (κ1) is 21.4. The lowest BCUT2D eigenvalue weighted by atomic mass is 10.3. The van der Waals surface area contributed by atoms with E-state index in [0.717, 1.165) is 30.3 Å². The Morgan fingerprint density at radius 1 is 0.677 bits per heavy atom. The second kappa shape index (κ2) is 9.22.